The lowest BCUT2D eigenvalue weighted by Crippen LogP contribution is -2.24. The van der Waals surface area contributed by atoms with Crippen molar-refractivity contribution in [1.29, 1.82) is 0 Å². The van der Waals surface area contributed by atoms with E-state index in [1.165, 1.54) is 17.0 Å². The van der Waals surface area contributed by atoms with Crippen molar-refractivity contribution < 1.29 is 44.3 Å². The van der Waals surface area contributed by atoms with E-state index in [1.807, 2.05) is 0 Å². The van der Waals surface area contributed by atoms with Crippen LogP contribution in [0.25, 0.3) is 22.2 Å². The summed E-state index contributed by atoms with van der Waals surface area (Å²) in [6.07, 6.45) is -6.01. The Kier molecular flexibility index (Phi) is 10.6. The molecule has 4 aromatic rings. The number of aromatic nitrogens is 5. The van der Waals surface area contributed by atoms with E-state index < -0.39 is 58.5 Å². The minimum Gasteiger partial charge on any atom is -0.397 e. The molecule has 0 aliphatic rings. The Morgan fingerprint density at radius 3 is 2.25 bits per heavy atom. The number of H-pyrrole nitrogens is 1. The van der Waals surface area contributed by atoms with Crippen LogP contribution in [-0.2, 0) is 23.6 Å². The smallest absolute Gasteiger partial charge is 0.397 e. The molecule has 0 aliphatic carbocycles. The first kappa shape index (κ1) is 33.8. The molecule has 19 heteroatoms. The van der Waals surface area contributed by atoms with Crippen LogP contribution in [0, 0.1) is 5.82 Å². The van der Waals surface area contributed by atoms with Crippen LogP contribution in [0.3, 0.4) is 0 Å². The maximum atomic E-state index is 14.7. The second kappa shape index (κ2) is 13.7. The van der Waals surface area contributed by atoms with Crippen molar-refractivity contribution in [2.45, 2.75) is 44.8 Å². The summed E-state index contributed by atoms with van der Waals surface area (Å²) < 4.78 is 118. The van der Waals surface area contributed by atoms with Gasteiger partial charge in [-0.15, -0.1) is 0 Å². The fourth-order valence-electron chi connectivity index (χ4n) is 3.84. The molecule has 0 unspecified atom stereocenters. The van der Waals surface area contributed by atoms with Gasteiger partial charge in [-0.25, -0.2) is 19.5 Å². The largest absolute Gasteiger partial charge is 0.423 e. The van der Waals surface area contributed by atoms with Gasteiger partial charge in [0.25, 0.3) is 11.1 Å². The number of rotatable bonds is 8. The van der Waals surface area contributed by atoms with E-state index in [1.54, 1.807) is 5.10 Å². The molecule has 0 aliphatic heterocycles. The van der Waals surface area contributed by atoms with Gasteiger partial charge in [0.05, 0.1) is 47.0 Å². The topological polar surface area (TPSA) is 155 Å². The van der Waals surface area contributed by atoms with Crippen LogP contribution in [0.15, 0.2) is 46.4 Å². The molecule has 44 heavy (non-hydrogen) atoms. The highest BCUT2D eigenvalue weighted by Crippen LogP contribution is 2.35. The monoisotopic (exact) mass is 639 g/mol. The predicted octanol–water partition coefficient (Wildman–Crippen LogP) is 4.98. The number of nitrogen functional groups attached to an aromatic ring is 2. The maximum absolute atomic E-state index is 14.7. The van der Waals surface area contributed by atoms with E-state index in [2.05, 4.69) is 19.8 Å². The zero-order valence-corrected chi connectivity index (χ0v) is 22.1. The molecular weight excluding hydrogens is 617 g/mol. The Labute approximate surface area is 240 Å². The van der Waals surface area contributed by atoms with Crippen molar-refractivity contribution in [2.24, 2.45) is 0 Å². The van der Waals surface area contributed by atoms with Crippen LogP contribution in [0.1, 0.15) is 30.4 Å². The number of aromatic amines is 1. The molecule has 0 saturated carbocycles. The lowest BCUT2D eigenvalue weighted by molar-refractivity contribution is -0.138. The number of pyridine rings is 1. The van der Waals surface area contributed by atoms with Gasteiger partial charge in [0, 0.05) is 12.1 Å². The number of nitrogens with two attached hydrogens (primary N) is 2. The van der Waals surface area contributed by atoms with E-state index in [-0.39, 0.29) is 35.3 Å². The lowest BCUT2D eigenvalue weighted by atomic mass is 10.1. The number of nitrogens with one attached hydrogen (secondary N) is 1. The summed E-state index contributed by atoms with van der Waals surface area (Å²) in [6, 6.07) is 3.86. The number of ether oxygens (including phenoxy) is 1. The molecule has 3 aromatic heterocycles. The second-order valence-electron chi connectivity index (χ2n) is 8.94. The Hall–Kier alpha value is -4.68. The van der Waals surface area contributed by atoms with Crippen molar-refractivity contribution in [1.82, 2.24) is 24.7 Å². The standard InChI is InChI=1S/C20H18F6N4O2.C5H4F3N3O/c21-14-8-12-16(9-11(14)15-5-4-13(17(27)29-15)20(24,25)26)28-10-30(18(12)31)6-2-1-3-7-32-19(22)23;6-5(7,8)3-2(9)1-10-11-4(3)12/h4-5,8-10,19H,1-3,6-7H2,(H2,27,29);1H,(H3,9,11,12). The van der Waals surface area contributed by atoms with E-state index in [0.29, 0.717) is 25.3 Å². The Bertz CT molecular complexity index is 1720. The first-order valence-corrected chi connectivity index (χ1v) is 12.3. The fraction of sp³-hybridized carbons (Fsp3) is 0.320. The van der Waals surface area contributed by atoms with Gasteiger partial charge in [-0.05, 0) is 43.5 Å². The molecule has 5 N–H and O–H groups in total. The van der Waals surface area contributed by atoms with Gasteiger partial charge in [-0.1, -0.05) is 0 Å². The number of anilines is 2. The lowest BCUT2D eigenvalue weighted by Gasteiger charge is -2.12. The van der Waals surface area contributed by atoms with Crippen molar-refractivity contribution >= 4 is 22.4 Å². The first-order chi connectivity index (χ1) is 20.5. The Morgan fingerprint density at radius 2 is 1.68 bits per heavy atom. The molecule has 0 radical (unpaired) electrons. The van der Waals surface area contributed by atoms with Gasteiger partial charge in [0.15, 0.2) is 0 Å². The van der Waals surface area contributed by atoms with E-state index in [9.17, 15) is 49.1 Å². The fourth-order valence-corrected chi connectivity index (χ4v) is 3.84. The number of fused-ring (bicyclic) bond motifs is 1. The number of unbranched alkanes of at least 4 members (excludes halogenated alkanes) is 2. The summed E-state index contributed by atoms with van der Waals surface area (Å²) in [4.78, 5) is 31.0. The highest BCUT2D eigenvalue weighted by molar-refractivity contribution is 5.83. The van der Waals surface area contributed by atoms with E-state index >= 15 is 0 Å². The van der Waals surface area contributed by atoms with Gasteiger partial charge < -0.3 is 16.2 Å². The van der Waals surface area contributed by atoms with Crippen molar-refractivity contribution in [2.75, 3.05) is 18.1 Å². The van der Waals surface area contributed by atoms with Gasteiger partial charge in [0.1, 0.15) is 17.2 Å². The Balaban J connectivity index is 0.000000369. The number of hydrogen-bond donors (Lipinski definition) is 3. The predicted molar refractivity (Wildman–Crippen MR) is 139 cm³/mol. The zero-order valence-electron chi connectivity index (χ0n) is 22.1. The summed E-state index contributed by atoms with van der Waals surface area (Å²) in [5.41, 5.74) is 5.07. The summed E-state index contributed by atoms with van der Waals surface area (Å²) in [5, 5.41) is 4.72. The average Bonchev–Trinajstić information content (AvgIpc) is 2.90. The Morgan fingerprint density at radius 1 is 0.977 bits per heavy atom. The zero-order chi connectivity index (χ0) is 32.8. The van der Waals surface area contributed by atoms with Crippen LogP contribution in [-0.4, -0.2) is 38.0 Å². The minimum absolute atomic E-state index is 0.0188. The molecule has 0 amide bonds. The first-order valence-electron chi connectivity index (χ1n) is 12.3. The third-order valence-electron chi connectivity index (χ3n) is 5.88. The third-order valence-corrected chi connectivity index (χ3v) is 5.88. The van der Waals surface area contributed by atoms with Crippen molar-refractivity contribution in [3.63, 3.8) is 0 Å². The van der Waals surface area contributed by atoms with Crippen molar-refractivity contribution in [3.05, 3.63) is 74.4 Å². The van der Waals surface area contributed by atoms with Gasteiger partial charge in [0.2, 0.25) is 0 Å². The SMILES string of the molecule is Nc1cn[nH]c(=O)c1C(F)(F)F.Nc1nc(-c2cc3ncn(CCCCCOC(F)F)c(=O)c3cc2F)ccc1C(F)(F)F. The normalized spacial score (nSPS) is 12.0. The summed E-state index contributed by atoms with van der Waals surface area (Å²) in [7, 11) is 0. The number of halogens is 9. The number of alkyl halides is 8. The molecule has 0 atom stereocenters. The molecule has 4 rings (SSSR count). The van der Waals surface area contributed by atoms with Crippen LogP contribution in [0.2, 0.25) is 0 Å². The van der Waals surface area contributed by atoms with Crippen molar-refractivity contribution in [3.8, 4) is 11.3 Å². The van der Waals surface area contributed by atoms with Gasteiger partial charge in [-0.2, -0.15) is 40.2 Å². The van der Waals surface area contributed by atoms with E-state index in [4.69, 9.17) is 11.5 Å². The summed E-state index contributed by atoms with van der Waals surface area (Å²) in [6.45, 7) is -2.67. The quantitative estimate of drug-likeness (QED) is 0.180. The molecular formula is C25H22F9N7O3. The number of benzene rings is 1. The molecule has 10 nitrogen and oxygen atoms in total. The molecule has 238 valence electrons. The minimum atomic E-state index is -4.74. The third kappa shape index (κ3) is 8.45. The number of nitrogens with zero attached hydrogens (tertiary/aromatic N) is 4. The molecule has 3 heterocycles. The van der Waals surface area contributed by atoms with Crippen LogP contribution >= 0.6 is 0 Å². The highest BCUT2D eigenvalue weighted by Gasteiger charge is 2.36. The maximum Gasteiger partial charge on any atom is 0.423 e. The molecule has 1 aromatic carbocycles. The number of hydrogen-bond acceptors (Lipinski definition) is 8. The summed E-state index contributed by atoms with van der Waals surface area (Å²) >= 11 is 0. The summed E-state index contributed by atoms with van der Waals surface area (Å²) in [5.74, 6) is -1.67. The van der Waals surface area contributed by atoms with Gasteiger partial charge >= 0.3 is 19.0 Å². The second-order valence-corrected chi connectivity index (χ2v) is 8.94. The van der Waals surface area contributed by atoms with Crippen LogP contribution < -0.4 is 22.6 Å². The highest BCUT2D eigenvalue weighted by atomic mass is 19.4. The van der Waals surface area contributed by atoms with E-state index in [0.717, 1.165) is 18.3 Å². The van der Waals surface area contributed by atoms with Crippen LogP contribution in [0.5, 0.6) is 0 Å². The molecule has 0 spiro atoms. The average molecular weight is 639 g/mol. The van der Waals surface area contributed by atoms with Gasteiger partial charge in [-0.3, -0.25) is 14.2 Å². The molecule has 0 fully saturated rings. The molecule has 0 bridgehead atoms. The van der Waals surface area contributed by atoms with Crippen LogP contribution in [0.4, 0.5) is 51.0 Å². The number of aryl methyl sites for hydroxylation is 1. The molecule has 0 saturated heterocycles.